The van der Waals surface area contributed by atoms with Crippen molar-refractivity contribution in [3.8, 4) is 0 Å². The number of carboxylic acids is 1. The van der Waals surface area contributed by atoms with Gasteiger partial charge in [0.1, 0.15) is 6.54 Å². The van der Waals surface area contributed by atoms with Crippen molar-refractivity contribution in [2.75, 3.05) is 33.2 Å². The van der Waals surface area contributed by atoms with E-state index in [0.717, 1.165) is 45.3 Å². The Bertz CT molecular complexity index is 383. The Morgan fingerprint density at radius 1 is 1.20 bits per heavy atom. The second kappa shape index (κ2) is 14.7. The fourth-order valence-corrected chi connectivity index (χ4v) is 2.65. The summed E-state index contributed by atoms with van der Waals surface area (Å²) in [6.07, 6.45) is 7.53. The summed E-state index contributed by atoms with van der Waals surface area (Å²) in [5.41, 5.74) is 0. The minimum Gasteiger partial charge on any atom is -0.480 e. The van der Waals surface area contributed by atoms with E-state index in [1.54, 1.807) is 0 Å². The summed E-state index contributed by atoms with van der Waals surface area (Å²) < 4.78 is 0. The summed E-state index contributed by atoms with van der Waals surface area (Å²) in [6.45, 7) is 6.70. The highest BCUT2D eigenvalue weighted by atomic mass is 16.4. The summed E-state index contributed by atoms with van der Waals surface area (Å²) >= 11 is 0. The zero-order chi connectivity index (χ0) is 19.1. The molecule has 0 radical (unpaired) electrons. The van der Waals surface area contributed by atoms with E-state index in [1.165, 1.54) is 17.7 Å². The maximum Gasteiger partial charge on any atom is 0.323 e. The lowest BCUT2D eigenvalue weighted by Crippen LogP contribution is -2.45. The SMILES string of the molecule is CCCCCNC(=O)CCC.CN1CCC(N(C=O)CC(=O)O)CC1. The van der Waals surface area contributed by atoms with E-state index < -0.39 is 5.97 Å². The molecule has 2 N–H and O–H groups in total. The molecule has 0 aliphatic carbocycles. The predicted octanol–water partition coefficient (Wildman–Crippen LogP) is 1.72. The first-order valence-corrected chi connectivity index (χ1v) is 9.32. The number of carboxylic acid groups (broad SMARTS) is 1. The molecule has 146 valence electrons. The van der Waals surface area contributed by atoms with Crippen LogP contribution in [0.1, 0.15) is 58.8 Å². The van der Waals surface area contributed by atoms with Crippen molar-refractivity contribution in [1.82, 2.24) is 15.1 Å². The zero-order valence-corrected chi connectivity index (χ0v) is 16.0. The Morgan fingerprint density at radius 3 is 2.32 bits per heavy atom. The number of amides is 2. The summed E-state index contributed by atoms with van der Waals surface area (Å²) in [7, 11) is 2.03. The van der Waals surface area contributed by atoms with Gasteiger partial charge < -0.3 is 20.2 Å². The number of carbonyl (C=O) groups is 3. The number of aliphatic carboxylic acids is 1. The predicted molar refractivity (Wildman–Crippen MR) is 98.4 cm³/mol. The molecule has 1 heterocycles. The topological polar surface area (TPSA) is 90.0 Å². The molecule has 0 spiro atoms. The molecule has 1 fully saturated rings. The van der Waals surface area contributed by atoms with Gasteiger partial charge in [-0.05, 0) is 45.8 Å². The van der Waals surface area contributed by atoms with Gasteiger partial charge in [0.25, 0.3) is 0 Å². The molecule has 1 aliphatic heterocycles. The first kappa shape index (κ1) is 23.4. The Labute approximate surface area is 151 Å². The third kappa shape index (κ3) is 12.4. The van der Waals surface area contributed by atoms with Crippen LogP contribution in [0.25, 0.3) is 0 Å². The molecule has 1 rings (SSSR count). The van der Waals surface area contributed by atoms with E-state index in [4.69, 9.17) is 5.11 Å². The van der Waals surface area contributed by atoms with Gasteiger partial charge in [0.2, 0.25) is 12.3 Å². The van der Waals surface area contributed by atoms with Crippen molar-refractivity contribution in [2.24, 2.45) is 0 Å². The Morgan fingerprint density at radius 2 is 1.84 bits per heavy atom. The monoisotopic (exact) mass is 357 g/mol. The van der Waals surface area contributed by atoms with Crippen LogP contribution in [-0.4, -0.2) is 72.5 Å². The number of piperidine rings is 1. The number of unbranched alkanes of at least 4 members (excludes halogenated alkanes) is 2. The van der Waals surface area contributed by atoms with E-state index in [-0.39, 0.29) is 18.5 Å². The van der Waals surface area contributed by atoms with Gasteiger partial charge in [-0.2, -0.15) is 0 Å². The van der Waals surface area contributed by atoms with Crippen molar-refractivity contribution in [3.05, 3.63) is 0 Å². The van der Waals surface area contributed by atoms with E-state index in [0.29, 0.717) is 12.8 Å². The highest BCUT2D eigenvalue weighted by molar-refractivity contribution is 5.75. The summed E-state index contributed by atoms with van der Waals surface area (Å²) in [5.74, 6) is -0.750. The number of likely N-dealkylation sites (tertiary alicyclic amines) is 1. The van der Waals surface area contributed by atoms with Crippen LogP contribution in [0.3, 0.4) is 0 Å². The maximum absolute atomic E-state index is 10.9. The minimum atomic E-state index is -0.948. The molecule has 0 atom stereocenters. The van der Waals surface area contributed by atoms with Gasteiger partial charge in [-0.15, -0.1) is 0 Å². The van der Waals surface area contributed by atoms with Crippen molar-refractivity contribution < 1.29 is 19.5 Å². The maximum atomic E-state index is 10.9. The van der Waals surface area contributed by atoms with Gasteiger partial charge in [-0.3, -0.25) is 14.4 Å². The van der Waals surface area contributed by atoms with Crippen LogP contribution < -0.4 is 5.32 Å². The molecule has 0 aromatic rings. The van der Waals surface area contributed by atoms with Crippen LogP contribution >= 0.6 is 0 Å². The number of carbonyl (C=O) groups excluding carboxylic acids is 2. The molecular weight excluding hydrogens is 322 g/mol. The lowest BCUT2D eigenvalue weighted by Gasteiger charge is -2.34. The average molecular weight is 357 g/mol. The molecule has 2 amide bonds. The Balaban J connectivity index is 0.000000477. The number of hydrogen-bond donors (Lipinski definition) is 2. The standard InChI is InChI=1S/C9H16N2O3.C9H19NO/c1-10-4-2-8(3-5-10)11(7-12)6-9(13)14;1-3-5-6-8-10-9(11)7-4-2/h7-8H,2-6H2,1H3,(H,13,14);3-8H2,1-2H3,(H,10,11). The van der Waals surface area contributed by atoms with Gasteiger partial charge in [0.15, 0.2) is 0 Å². The van der Waals surface area contributed by atoms with Gasteiger partial charge in [0, 0.05) is 19.0 Å². The van der Waals surface area contributed by atoms with Gasteiger partial charge in [-0.25, -0.2) is 0 Å². The van der Waals surface area contributed by atoms with Crippen molar-refractivity contribution in [3.63, 3.8) is 0 Å². The Kier molecular flexibility index (Phi) is 13.7. The lowest BCUT2D eigenvalue weighted by molar-refractivity contribution is -0.142. The van der Waals surface area contributed by atoms with Crippen molar-refractivity contribution in [1.29, 1.82) is 0 Å². The van der Waals surface area contributed by atoms with Gasteiger partial charge in [0.05, 0.1) is 0 Å². The third-order valence-electron chi connectivity index (χ3n) is 4.19. The van der Waals surface area contributed by atoms with Crippen LogP contribution in [-0.2, 0) is 14.4 Å². The van der Waals surface area contributed by atoms with Gasteiger partial charge in [-0.1, -0.05) is 26.7 Å². The summed E-state index contributed by atoms with van der Waals surface area (Å²) in [5, 5.41) is 11.5. The van der Waals surface area contributed by atoms with Crippen LogP contribution in [0.15, 0.2) is 0 Å². The molecule has 0 aromatic heterocycles. The molecule has 7 heteroatoms. The van der Waals surface area contributed by atoms with Crippen molar-refractivity contribution >= 4 is 18.3 Å². The molecule has 1 aliphatic rings. The van der Waals surface area contributed by atoms with E-state index in [1.807, 2.05) is 14.0 Å². The number of rotatable bonds is 10. The normalized spacial score (nSPS) is 15.0. The Hall–Kier alpha value is -1.63. The fourth-order valence-electron chi connectivity index (χ4n) is 2.65. The molecule has 7 nitrogen and oxygen atoms in total. The molecule has 0 aromatic carbocycles. The van der Waals surface area contributed by atoms with E-state index in [9.17, 15) is 14.4 Å². The lowest BCUT2D eigenvalue weighted by atomic mass is 10.0. The molecular formula is C18H35N3O4. The molecule has 25 heavy (non-hydrogen) atoms. The molecule has 0 unspecified atom stereocenters. The first-order chi connectivity index (χ1) is 11.9. The minimum absolute atomic E-state index is 0.0970. The summed E-state index contributed by atoms with van der Waals surface area (Å²) in [6, 6.07) is 0.0970. The van der Waals surface area contributed by atoms with E-state index >= 15 is 0 Å². The smallest absolute Gasteiger partial charge is 0.323 e. The van der Waals surface area contributed by atoms with Crippen LogP contribution in [0, 0.1) is 0 Å². The van der Waals surface area contributed by atoms with Gasteiger partial charge >= 0.3 is 5.97 Å². The molecule has 0 bridgehead atoms. The third-order valence-corrected chi connectivity index (χ3v) is 4.19. The quantitative estimate of drug-likeness (QED) is 0.459. The van der Waals surface area contributed by atoms with Crippen LogP contribution in [0.4, 0.5) is 0 Å². The molecule has 1 saturated heterocycles. The number of nitrogens with one attached hydrogen (secondary N) is 1. The first-order valence-electron chi connectivity index (χ1n) is 9.32. The average Bonchev–Trinajstić information content (AvgIpc) is 2.58. The number of nitrogens with zero attached hydrogens (tertiary/aromatic N) is 2. The fraction of sp³-hybridized carbons (Fsp3) is 0.833. The highest BCUT2D eigenvalue weighted by Gasteiger charge is 2.23. The van der Waals surface area contributed by atoms with Crippen LogP contribution in [0.5, 0.6) is 0 Å². The number of hydrogen-bond acceptors (Lipinski definition) is 4. The van der Waals surface area contributed by atoms with E-state index in [2.05, 4.69) is 17.1 Å². The second-order valence-electron chi connectivity index (χ2n) is 6.51. The largest absolute Gasteiger partial charge is 0.480 e. The molecule has 0 saturated carbocycles. The van der Waals surface area contributed by atoms with Crippen molar-refractivity contribution in [2.45, 2.75) is 64.8 Å². The second-order valence-corrected chi connectivity index (χ2v) is 6.51. The zero-order valence-electron chi connectivity index (χ0n) is 16.0. The highest BCUT2D eigenvalue weighted by Crippen LogP contribution is 2.13. The summed E-state index contributed by atoms with van der Waals surface area (Å²) in [4.78, 5) is 35.6. The van der Waals surface area contributed by atoms with Crippen LogP contribution in [0.2, 0.25) is 0 Å².